The van der Waals surface area contributed by atoms with E-state index in [1.54, 1.807) is 18.0 Å². The van der Waals surface area contributed by atoms with E-state index < -0.39 is 0 Å². The fourth-order valence-electron chi connectivity index (χ4n) is 1.71. The minimum Gasteiger partial charge on any atom is -0.354 e. The highest BCUT2D eigenvalue weighted by atomic mass is 32.2. The zero-order chi connectivity index (χ0) is 12.8. The van der Waals surface area contributed by atoms with E-state index >= 15 is 0 Å². The van der Waals surface area contributed by atoms with Crippen molar-refractivity contribution in [1.29, 1.82) is 0 Å². The normalized spacial score (nSPS) is 16.3. The number of nitrogens with zero attached hydrogens (tertiary/aromatic N) is 1. The largest absolute Gasteiger partial charge is 0.354 e. The van der Waals surface area contributed by atoms with Crippen LogP contribution in [0.5, 0.6) is 0 Å². The van der Waals surface area contributed by atoms with Gasteiger partial charge in [0.15, 0.2) is 0 Å². The van der Waals surface area contributed by atoms with Crippen molar-refractivity contribution in [2.75, 3.05) is 12.3 Å². The number of hydrogen-bond acceptors (Lipinski definition) is 4. The molecule has 1 aromatic heterocycles. The predicted molar refractivity (Wildman–Crippen MR) is 74.1 cm³/mol. The summed E-state index contributed by atoms with van der Waals surface area (Å²) >= 11 is 1.57. The number of hydrogen-bond donors (Lipinski definition) is 2. The van der Waals surface area contributed by atoms with Crippen molar-refractivity contribution >= 4 is 17.7 Å². The fraction of sp³-hybridized carbons (Fsp3) is 0.538. The molecule has 0 aromatic carbocycles. The summed E-state index contributed by atoms with van der Waals surface area (Å²) in [4.78, 5) is 15.8. The van der Waals surface area contributed by atoms with Gasteiger partial charge in [-0.25, -0.2) is 0 Å². The summed E-state index contributed by atoms with van der Waals surface area (Å²) in [7, 11) is 0. The Hall–Kier alpha value is -1.07. The molecule has 1 aliphatic carbocycles. The van der Waals surface area contributed by atoms with E-state index in [2.05, 4.69) is 10.3 Å². The molecular formula is C13H19N3OS. The van der Waals surface area contributed by atoms with Gasteiger partial charge in [-0.15, -0.1) is 11.8 Å². The first-order chi connectivity index (χ1) is 8.75. The lowest BCUT2D eigenvalue weighted by Crippen LogP contribution is -2.39. The van der Waals surface area contributed by atoms with E-state index in [0.717, 1.165) is 11.4 Å². The number of carbonyl (C=O) groups excluding carboxylic acids is 1. The van der Waals surface area contributed by atoms with Crippen molar-refractivity contribution < 1.29 is 4.79 Å². The van der Waals surface area contributed by atoms with Gasteiger partial charge in [-0.05, 0) is 30.9 Å². The van der Waals surface area contributed by atoms with Crippen molar-refractivity contribution in [2.24, 2.45) is 11.7 Å². The van der Waals surface area contributed by atoms with Crippen molar-refractivity contribution in [3.05, 3.63) is 30.1 Å². The first-order valence-electron chi connectivity index (χ1n) is 6.25. The minimum atomic E-state index is 0.0621. The van der Waals surface area contributed by atoms with Crippen molar-refractivity contribution in [1.82, 2.24) is 10.3 Å². The smallest absolute Gasteiger partial charge is 0.230 e. The summed E-state index contributed by atoms with van der Waals surface area (Å²) in [6.45, 7) is 0.605. The van der Waals surface area contributed by atoms with Crippen molar-refractivity contribution in [3.63, 3.8) is 0 Å². The maximum absolute atomic E-state index is 11.6. The molecule has 2 rings (SSSR count). The molecule has 5 heteroatoms. The predicted octanol–water partition coefficient (Wildman–Crippen LogP) is 1.17. The molecule has 0 aliphatic heterocycles. The number of pyridine rings is 1. The van der Waals surface area contributed by atoms with Gasteiger partial charge in [0.2, 0.25) is 5.91 Å². The Bertz CT molecular complexity index is 381. The second-order valence-electron chi connectivity index (χ2n) is 4.62. The molecule has 1 unspecified atom stereocenters. The van der Waals surface area contributed by atoms with Crippen LogP contribution in [0.25, 0.3) is 0 Å². The Balaban J connectivity index is 1.57. The number of nitrogens with one attached hydrogen (secondary N) is 1. The van der Waals surface area contributed by atoms with Crippen molar-refractivity contribution in [2.45, 2.75) is 24.6 Å². The first-order valence-corrected chi connectivity index (χ1v) is 7.41. The highest BCUT2D eigenvalue weighted by molar-refractivity contribution is 7.99. The van der Waals surface area contributed by atoms with Crippen molar-refractivity contribution in [3.8, 4) is 0 Å². The Morgan fingerprint density at radius 2 is 2.39 bits per heavy atom. The van der Waals surface area contributed by atoms with Gasteiger partial charge in [-0.3, -0.25) is 9.78 Å². The molecule has 1 saturated carbocycles. The molecule has 1 fully saturated rings. The zero-order valence-electron chi connectivity index (χ0n) is 10.3. The number of thioether (sulfide) groups is 1. The summed E-state index contributed by atoms with van der Waals surface area (Å²) in [5.74, 6) is 1.93. The molecule has 0 radical (unpaired) electrons. The highest BCUT2D eigenvalue weighted by Gasteiger charge is 2.28. The SMILES string of the molecule is NC(CNC(=O)CSCc1ccccn1)C1CC1. The molecule has 3 N–H and O–H groups in total. The monoisotopic (exact) mass is 265 g/mol. The van der Waals surface area contributed by atoms with Gasteiger partial charge in [-0.1, -0.05) is 6.07 Å². The molecule has 1 amide bonds. The van der Waals surface area contributed by atoms with Crippen LogP contribution >= 0.6 is 11.8 Å². The number of amides is 1. The van der Waals surface area contributed by atoms with E-state index in [0.29, 0.717) is 18.2 Å². The summed E-state index contributed by atoms with van der Waals surface area (Å²) in [5, 5.41) is 2.88. The Labute approximate surface area is 112 Å². The molecule has 1 aliphatic rings. The third kappa shape index (κ3) is 4.66. The first kappa shape index (κ1) is 13.4. The molecule has 98 valence electrons. The van der Waals surface area contributed by atoms with E-state index in [-0.39, 0.29) is 11.9 Å². The third-order valence-corrected chi connectivity index (χ3v) is 3.94. The van der Waals surface area contributed by atoms with Gasteiger partial charge < -0.3 is 11.1 Å². The molecule has 0 spiro atoms. The van der Waals surface area contributed by atoms with E-state index in [1.165, 1.54) is 12.8 Å². The molecule has 18 heavy (non-hydrogen) atoms. The summed E-state index contributed by atoms with van der Waals surface area (Å²) < 4.78 is 0. The third-order valence-electron chi connectivity index (χ3n) is 2.97. The minimum absolute atomic E-state index is 0.0621. The number of rotatable bonds is 7. The van der Waals surface area contributed by atoms with E-state index in [9.17, 15) is 4.79 Å². The van der Waals surface area contributed by atoms with Crippen LogP contribution < -0.4 is 11.1 Å². The highest BCUT2D eigenvalue weighted by Crippen LogP contribution is 2.31. The van der Waals surface area contributed by atoms with Gasteiger partial charge in [-0.2, -0.15) is 0 Å². The maximum Gasteiger partial charge on any atom is 0.230 e. The average Bonchev–Trinajstić information content (AvgIpc) is 3.21. The topological polar surface area (TPSA) is 68.0 Å². The molecular weight excluding hydrogens is 246 g/mol. The summed E-state index contributed by atoms with van der Waals surface area (Å²) in [6.07, 6.45) is 4.20. The molecule has 1 atom stereocenters. The van der Waals surface area contributed by atoms with E-state index in [1.807, 2.05) is 18.2 Å². The molecule has 0 bridgehead atoms. The van der Waals surface area contributed by atoms with Crippen LogP contribution in [0.3, 0.4) is 0 Å². The summed E-state index contributed by atoms with van der Waals surface area (Å²) in [6, 6.07) is 5.95. The van der Waals surface area contributed by atoms with Crippen LogP contribution in [0, 0.1) is 5.92 Å². The lowest BCUT2D eigenvalue weighted by Gasteiger charge is -2.11. The van der Waals surface area contributed by atoms with Gasteiger partial charge in [0, 0.05) is 24.5 Å². The molecule has 1 heterocycles. The van der Waals surface area contributed by atoms with Crippen LogP contribution in [-0.4, -0.2) is 29.2 Å². The van der Waals surface area contributed by atoms with Gasteiger partial charge >= 0.3 is 0 Å². The number of nitrogens with two attached hydrogens (primary N) is 1. The van der Waals surface area contributed by atoms with Gasteiger partial charge in [0.05, 0.1) is 11.4 Å². The molecule has 0 saturated heterocycles. The fourth-order valence-corrected chi connectivity index (χ4v) is 2.47. The van der Waals surface area contributed by atoms with Crippen LogP contribution in [-0.2, 0) is 10.5 Å². The van der Waals surface area contributed by atoms with Crippen LogP contribution in [0.1, 0.15) is 18.5 Å². The van der Waals surface area contributed by atoms with Gasteiger partial charge in [0.1, 0.15) is 0 Å². The average molecular weight is 265 g/mol. The molecule has 4 nitrogen and oxygen atoms in total. The lowest BCUT2D eigenvalue weighted by atomic mass is 10.2. The number of carbonyl (C=O) groups is 1. The maximum atomic E-state index is 11.6. The Morgan fingerprint density at radius 1 is 1.56 bits per heavy atom. The summed E-state index contributed by atoms with van der Waals surface area (Å²) in [5.41, 5.74) is 6.92. The lowest BCUT2D eigenvalue weighted by molar-refractivity contribution is -0.118. The van der Waals surface area contributed by atoms with Crippen LogP contribution in [0.15, 0.2) is 24.4 Å². The quantitative estimate of drug-likeness (QED) is 0.776. The van der Waals surface area contributed by atoms with Gasteiger partial charge in [0.25, 0.3) is 0 Å². The molecule has 1 aromatic rings. The standard InChI is InChI=1S/C13H19N3OS/c14-12(10-4-5-10)7-16-13(17)9-18-8-11-3-1-2-6-15-11/h1-3,6,10,12H,4-5,7-9,14H2,(H,16,17). The number of aromatic nitrogens is 1. The Morgan fingerprint density at radius 3 is 3.06 bits per heavy atom. The second kappa shape index (κ2) is 6.75. The van der Waals surface area contributed by atoms with E-state index in [4.69, 9.17) is 5.73 Å². The van der Waals surface area contributed by atoms with Crippen LogP contribution in [0.2, 0.25) is 0 Å². The Kier molecular flexibility index (Phi) is 5.01. The second-order valence-corrected chi connectivity index (χ2v) is 5.60. The zero-order valence-corrected chi connectivity index (χ0v) is 11.2. The van der Waals surface area contributed by atoms with Crippen LogP contribution in [0.4, 0.5) is 0 Å².